The summed E-state index contributed by atoms with van der Waals surface area (Å²) in [6.07, 6.45) is 1.11. The molecule has 0 aliphatic heterocycles. The van der Waals surface area contributed by atoms with Gasteiger partial charge in [-0.1, -0.05) is 0 Å². The number of nitrogens with zero attached hydrogens (tertiary/aromatic N) is 1. The standard InChI is InChI=1S/C7H10F3N/c1-3-4-5-11(2)6-7(8,9)10/h1H,4-6H2,2H3. The van der Waals surface area contributed by atoms with Crippen LogP contribution in [-0.2, 0) is 0 Å². The molecule has 11 heavy (non-hydrogen) atoms. The highest BCUT2D eigenvalue weighted by Crippen LogP contribution is 2.15. The van der Waals surface area contributed by atoms with Crippen molar-refractivity contribution in [2.45, 2.75) is 12.6 Å². The van der Waals surface area contributed by atoms with E-state index in [2.05, 4.69) is 5.92 Å². The predicted molar refractivity (Wildman–Crippen MR) is 37.0 cm³/mol. The van der Waals surface area contributed by atoms with Crippen LogP contribution in [0, 0.1) is 12.3 Å². The van der Waals surface area contributed by atoms with Crippen molar-refractivity contribution in [2.24, 2.45) is 0 Å². The van der Waals surface area contributed by atoms with E-state index in [1.165, 1.54) is 7.05 Å². The SMILES string of the molecule is C#CCCN(C)CC(F)(F)F. The minimum Gasteiger partial charge on any atom is -0.297 e. The van der Waals surface area contributed by atoms with Gasteiger partial charge in [-0.2, -0.15) is 13.2 Å². The summed E-state index contributed by atoms with van der Waals surface area (Å²) in [7, 11) is 1.39. The van der Waals surface area contributed by atoms with Crippen molar-refractivity contribution in [3.8, 4) is 12.3 Å². The fourth-order valence-corrected chi connectivity index (χ4v) is 0.641. The summed E-state index contributed by atoms with van der Waals surface area (Å²) in [4.78, 5) is 1.15. The number of hydrogen-bond acceptors (Lipinski definition) is 1. The third-order valence-corrected chi connectivity index (χ3v) is 1.09. The third kappa shape index (κ3) is 7.20. The second kappa shape index (κ2) is 4.24. The van der Waals surface area contributed by atoms with Gasteiger partial charge >= 0.3 is 6.18 Å². The van der Waals surface area contributed by atoms with Crippen LogP contribution in [0.2, 0.25) is 0 Å². The summed E-state index contributed by atoms with van der Waals surface area (Å²) in [5.41, 5.74) is 0. The van der Waals surface area contributed by atoms with Crippen molar-refractivity contribution in [3.63, 3.8) is 0 Å². The summed E-state index contributed by atoms with van der Waals surface area (Å²) in [6.45, 7) is -0.606. The largest absolute Gasteiger partial charge is 0.401 e. The quantitative estimate of drug-likeness (QED) is 0.573. The van der Waals surface area contributed by atoms with Crippen LogP contribution in [0.15, 0.2) is 0 Å². The minimum atomic E-state index is -4.12. The van der Waals surface area contributed by atoms with Crippen molar-refractivity contribution in [1.29, 1.82) is 0 Å². The van der Waals surface area contributed by atoms with Gasteiger partial charge in [0, 0.05) is 13.0 Å². The molecular weight excluding hydrogens is 155 g/mol. The van der Waals surface area contributed by atoms with Gasteiger partial charge in [-0.3, -0.25) is 4.90 Å². The lowest BCUT2D eigenvalue weighted by Crippen LogP contribution is -2.31. The van der Waals surface area contributed by atoms with E-state index < -0.39 is 12.7 Å². The van der Waals surface area contributed by atoms with E-state index in [0.29, 0.717) is 6.42 Å². The Balaban J connectivity index is 3.54. The molecule has 0 rings (SSSR count). The summed E-state index contributed by atoms with van der Waals surface area (Å²) in [5.74, 6) is 2.28. The zero-order valence-electron chi connectivity index (χ0n) is 6.28. The average molecular weight is 165 g/mol. The lowest BCUT2D eigenvalue weighted by Gasteiger charge is -2.16. The molecule has 0 saturated heterocycles. The van der Waals surface area contributed by atoms with E-state index in [-0.39, 0.29) is 6.54 Å². The van der Waals surface area contributed by atoms with Crippen molar-refractivity contribution < 1.29 is 13.2 Å². The Hall–Kier alpha value is -0.690. The summed E-state index contributed by atoms with van der Waals surface area (Å²) in [5, 5.41) is 0. The summed E-state index contributed by atoms with van der Waals surface area (Å²) < 4.78 is 34.9. The van der Waals surface area contributed by atoms with Crippen LogP contribution < -0.4 is 0 Å². The highest BCUT2D eigenvalue weighted by molar-refractivity contribution is 4.84. The molecule has 0 N–H and O–H groups in total. The molecule has 4 heteroatoms. The van der Waals surface area contributed by atoms with Crippen LogP contribution in [0.1, 0.15) is 6.42 Å². The molecule has 64 valence electrons. The topological polar surface area (TPSA) is 3.24 Å². The normalized spacial score (nSPS) is 11.6. The molecule has 0 spiro atoms. The zero-order chi connectivity index (χ0) is 8.91. The molecule has 0 amide bonds. The average Bonchev–Trinajstić information content (AvgIpc) is 1.79. The van der Waals surface area contributed by atoms with Gasteiger partial charge in [-0.15, -0.1) is 12.3 Å². The molecule has 0 aromatic rings. The Morgan fingerprint density at radius 2 is 2.00 bits per heavy atom. The molecule has 0 saturated carbocycles. The van der Waals surface area contributed by atoms with E-state index >= 15 is 0 Å². The molecule has 0 aliphatic rings. The van der Waals surface area contributed by atoms with Gasteiger partial charge in [0.2, 0.25) is 0 Å². The number of alkyl halides is 3. The lowest BCUT2D eigenvalue weighted by atomic mass is 10.4. The molecule has 0 fully saturated rings. The van der Waals surface area contributed by atoms with Gasteiger partial charge in [0.15, 0.2) is 0 Å². The second-order valence-electron chi connectivity index (χ2n) is 2.31. The Labute approximate surface area is 64.2 Å². The van der Waals surface area contributed by atoms with Crippen molar-refractivity contribution in [2.75, 3.05) is 20.1 Å². The second-order valence-corrected chi connectivity index (χ2v) is 2.31. The van der Waals surface area contributed by atoms with Gasteiger partial charge in [0.25, 0.3) is 0 Å². The van der Waals surface area contributed by atoms with Crippen LogP contribution in [0.5, 0.6) is 0 Å². The molecular formula is C7H10F3N. The van der Waals surface area contributed by atoms with Crippen molar-refractivity contribution in [1.82, 2.24) is 4.90 Å². The smallest absolute Gasteiger partial charge is 0.297 e. The molecule has 0 aliphatic carbocycles. The Kier molecular flexibility index (Phi) is 3.98. The summed E-state index contributed by atoms with van der Waals surface area (Å²) in [6, 6.07) is 0. The van der Waals surface area contributed by atoms with Crippen molar-refractivity contribution in [3.05, 3.63) is 0 Å². The summed E-state index contributed by atoms with van der Waals surface area (Å²) >= 11 is 0. The fraction of sp³-hybridized carbons (Fsp3) is 0.714. The monoisotopic (exact) mass is 165 g/mol. The van der Waals surface area contributed by atoms with Crippen LogP contribution in [-0.4, -0.2) is 31.2 Å². The first-order chi connectivity index (χ1) is 4.95. The molecule has 0 atom stereocenters. The van der Waals surface area contributed by atoms with E-state index in [9.17, 15) is 13.2 Å². The maximum absolute atomic E-state index is 11.6. The minimum absolute atomic E-state index is 0.288. The lowest BCUT2D eigenvalue weighted by molar-refractivity contribution is -0.142. The highest BCUT2D eigenvalue weighted by atomic mass is 19.4. The van der Waals surface area contributed by atoms with Gasteiger partial charge < -0.3 is 0 Å². The number of hydrogen-bond donors (Lipinski definition) is 0. The number of halogens is 3. The first-order valence-electron chi connectivity index (χ1n) is 3.14. The van der Waals surface area contributed by atoms with Gasteiger partial charge in [0.05, 0.1) is 6.54 Å². The number of terminal acetylenes is 1. The van der Waals surface area contributed by atoms with E-state index in [4.69, 9.17) is 6.42 Å². The Bertz CT molecular complexity index is 145. The van der Waals surface area contributed by atoms with Crippen LogP contribution in [0.25, 0.3) is 0 Å². The van der Waals surface area contributed by atoms with E-state index in [0.717, 1.165) is 4.90 Å². The maximum Gasteiger partial charge on any atom is 0.401 e. The number of rotatable bonds is 3. The first kappa shape index (κ1) is 10.3. The Morgan fingerprint density at radius 3 is 2.36 bits per heavy atom. The molecule has 0 aromatic carbocycles. The van der Waals surface area contributed by atoms with Gasteiger partial charge in [-0.25, -0.2) is 0 Å². The highest BCUT2D eigenvalue weighted by Gasteiger charge is 2.28. The molecule has 0 unspecified atom stereocenters. The molecule has 0 bridgehead atoms. The zero-order valence-corrected chi connectivity index (χ0v) is 6.28. The predicted octanol–water partition coefficient (Wildman–Crippen LogP) is 1.50. The van der Waals surface area contributed by atoms with Gasteiger partial charge in [0.1, 0.15) is 0 Å². The molecule has 0 heterocycles. The van der Waals surface area contributed by atoms with Crippen LogP contribution >= 0.6 is 0 Å². The van der Waals surface area contributed by atoms with Crippen LogP contribution in [0.3, 0.4) is 0 Å². The van der Waals surface area contributed by atoms with Crippen LogP contribution in [0.4, 0.5) is 13.2 Å². The first-order valence-corrected chi connectivity index (χ1v) is 3.14. The third-order valence-electron chi connectivity index (χ3n) is 1.09. The molecule has 0 aromatic heterocycles. The van der Waals surface area contributed by atoms with Gasteiger partial charge in [-0.05, 0) is 7.05 Å². The Morgan fingerprint density at radius 1 is 1.45 bits per heavy atom. The molecule has 1 nitrogen and oxygen atoms in total. The maximum atomic E-state index is 11.6. The van der Waals surface area contributed by atoms with E-state index in [1.807, 2.05) is 0 Å². The van der Waals surface area contributed by atoms with Crippen molar-refractivity contribution >= 4 is 0 Å². The van der Waals surface area contributed by atoms with E-state index in [1.54, 1.807) is 0 Å². The molecule has 0 radical (unpaired) electrons. The fourth-order valence-electron chi connectivity index (χ4n) is 0.641.